The SMILES string of the molecule is CCOc1ccc(CN2CCC(Nc3c(Cl)c(-c4ccc(OCC(=O)NC)cc4)nc4nc[nH]c34)CC2)cc1. The molecule has 5 rings (SSSR count). The van der Waals surface area contributed by atoms with Gasteiger partial charge in [0.2, 0.25) is 0 Å². The van der Waals surface area contributed by atoms with Crippen LogP contribution in [0.15, 0.2) is 54.9 Å². The van der Waals surface area contributed by atoms with Crippen molar-refractivity contribution in [1.82, 2.24) is 25.2 Å². The summed E-state index contributed by atoms with van der Waals surface area (Å²) in [6.07, 6.45) is 3.63. The quantitative estimate of drug-likeness (QED) is 0.259. The van der Waals surface area contributed by atoms with Crippen molar-refractivity contribution in [3.8, 4) is 22.8 Å². The molecule has 9 nitrogen and oxygen atoms in total. The smallest absolute Gasteiger partial charge is 0.257 e. The molecule has 0 atom stereocenters. The third kappa shape index (κ3) is 6.43. The number of anilines is 1. The highest BCUT2D eigenvalue weighted by Gasteiger charge is 2.23. The summed E-state index contributed by atoms with van der Waals surface area (Å²) in [5.74, 6) is 1.31. The maximum Gasteiger partial charge on any atom is 0.257 e. The maximum atomic E-state index is 11.5. The molecule has 0 aliphatic carbocycles. The molecule has 1 amide bonds. The van der Waals surface area contributed by atoms with E-state index < -0.39 is 0 Å². The van der Waals surface area contributed by atoms with Crippen LogP contribution in [0.2, 0.25) is 5.02 Å². The first kappa shape index (κ1) is 26.8. The highest BCUT2D eigenvalue weighted by atomic mass is 35.5. The number of nitrogens with zero attached hydrogens (tertiary/aromatic N) is 3. The standard InChI is InChI=1S/C29H33ClN6O3/c1-3-38-22-8-4-19(5-9-22)16-36-14-12-21(13-15-36)34-27-25(30)26(35-29-28(27)32-18-33-29)20-6-10-23(11-7-20)39-17-24(37)31-2/h4-11,18,21H,3,12-17H2,1-2H3,(H,31,37)(H2,32,33,34,35). The first-order valence-corrected chi connectivity index (χ1v) is 13.6. The van der Waals surface area contributed by atoms with Crippen molar-refractivity contribution in [1.29, 1.82) is 0 Å². The lowest BCUT2D eigenvalue weighted by Crippen LogP contribution is -2.38. The minimum atomic E-state index is -0.189. The normalized spacial score (nSPS) is 14.3. The summed E-state index contributed by atoms with van der Waals surface area (Å²) in [7, 11) is 1.58. The number of hydrogen-bond donors (Lipinski definition) is 3. The number of fused-ring (bicyclic) bond motifs is 1. The first-order chi connectivity index (χ1) is 19.0. The lowest BCUT2D eigenvalue weighted by molar-refractivity contribution is -0.122. The number of nitrogens with one attached hydrogen (secondary N) is 3. The molecule has 1 saturated heterocycles. The van der Waals surface area contributed by atoms with Gasteiger partial charge in [0.1, 0.15) is 17.0 Å². The molecule has 10 heteroatoms. The third-order valence-corrected chi connectivity index (χ3v) is 7.24. The molecule has 0 spiro atoms. The van der Waals surface area contributed by atoms with Gasteiger partial charge in [-0.1, -0.05) is 23.7 Å². The highest BCUT2D eigenvalue weighted by Crippen LogP contribution is 2.38. The van der Waals surface area contributed by atoms with Crippen molar-refractivity contribution in [2.45, 2.75) is 32.4 Å². The van der Waals surface area contributed by atoms with Crippen molar-refractivity contribution < 1.29 is 14.3 Å². The molecule has 0 bridgehead atoms. The van der Waals surface area contributed by atoms with Crippen LogP contribution in [-0.2, 0) is 11.3 Å². The number of amides is 1. The molecule has 3 N–H and O–H groups in total. The van der Waals surface area contributed by atoms with Crippen molar-refractivity contribution in [3.05, 3.63) is 65.4 Å². The molecule has 2 aromatic carbocycles. The van der Waals surface area contributed by atoms with E-state index in [4.69, 9.17) is 26.1 Å². The maximum absolute atomic E-state index is 11.5. The summed E-state index contributed by atoms with van der Waals surface area (Å²) >= 11 is 6.95. The Morgan fingerprint density at radius 3 is 2.46 bits per heavy atom. The number of aromatic amines is 1. The van der Waals surface area contributed by atoms with Gasteiger partial charge in [-0.25, -0.2) is 9.97 Å². The number of ether oxygens (including phenoxy) is 2. The molecule has 0 saturated carbocycles. The van der Waals surface area contributed by atoms with Crippen molar-refractivity contribution in [3.63, 3.8) is 0 Å². The van der Waals surface area contributed by atoms with E-state index in [1.54, 1.807) is 25.5 Å². The second-order valence-electron chi connectivity index (χ2n) is 9.51. The average Bonchev–Trinajstić information content (AvgIpc) is 3.44. The number of imidazole rings is 1. The molecular formula is C29H33ClN6O3. The van der Waals surface area contributed by atoms with Crippen LogP contribution in [0, 0.1) is 0 Å². The number of piperidine rings is 1. The van der Waals surface area contributed by atoms with Crippen LogP contribution >= 0.6 is 11.6 Å². The minimum absolute atomic E-state index is 0.0405. The van der Waals surface area contributed by atoms with Gasteiger partial charge in [0, 0.05) is 38.3 Å². The van der Waals surface area contributed by atoms with Crippen LogP contribution in [0.5, 0.6) is 11.5 Å². The Kier molecular flexibility index (Phi) is 8.48. The minimum Gasteiger partial charge on any atom is -0.494 e. The fraction of sp³-hybridized carbons (Fsp3) is 0.345. The summed E-state index contributed by atoms with van der Waals surface area (Å²) in [6.45, 7) is 5.53. The molecular weight excluding hydrogens is 516 g/mol. The fourth-order valence-corrected chi connectivity index (χ4v) is 5.05. The van der Waals surface area contributed by atoms with E-state index in [1.807, 2.05) is 31.2 Å². The van der Waals surface area contributed by atoms with E-state index in [0.717, 1.165) is 55.0 Å². The molecule has 0 radical (unpaired) electrons. The number of likely N-dealkylation sites (tertiary alicyclic amines) is 1. The molecule has 2 aromatic heterocycles. The number of carbonyl (C=O) groups is 1. The van der Waals surface area contributed by atoms with Gasteiger partial charge in [-0.15, -0.1) is 0 Å². The van der Waals surface area contributed by atoms with Gasteiger partial charge >= 0.3 is 0 Å². The molecule has 39 heavy (non-hydrogen) atoms. The Hall–Kier alpha value is -3.82. The lowest BCUT2D eigenvalue weighted by atomic mass is 10.0. The van der Waals surface area contributed by atoms with Crippen LogP contribution in [0.1, 0.15) is 25.3 Å². The Balaban J connectivity index is 1.26. The molecule has 0 unspecified atom stereocenters. The van der Waals surface area contributed by atoms with E-state index in [1.165, 1.54) is 5.56 Å². The monoisotopic (exact) mass is 548 g/mol. The molecule has 4 aromatic rings. The Labute approximate surface area is 232 Å². The zero-order valence-electron chi connectivity index (χ0n) is 22.2. The van der Waals surface area contributed by atoms with Gasteiger partial charge in [0.05, 0.1) is 29.3 Å². The number of likely N-dealkylation sites (N-methyl/N-ethyl adjacent to an activating group) is 1. The molecule has 1 aliphatic heterocycles. The zero-order chi connectivity index (χ0) is 27.2. The van der Waals surface area contributed by atoms with Crippen LogP contribution in [-0.4, -0.2) is 65.2 Å². The van der Waals surface area contributed by atoms with Crippen molar-refractivity contribution in [2.75, 3.05) is 38.7 Å². The summed E-state index contributed by atoms with van der Waals surface area (Å²) in [5.41, 5.74) is 4.99. The molecule has 3 heterocycles. The van der Waals surface area contributed by atoms with Gasteiger partial charge in [0.15, 0.2) is 12.3 Å². The third-order valence-electron chi connectivity index (χ3n) is 6.87. The summed E-state index contributed by atoms with van der Waals surface area (Å²) in [5, 5.41) is 6.77. The number of carbonyl (C=O) groups excluding carboxylic acids is 1. The summed E-state index contributed by atoms with van der Waals surface area (Å²) in [6, 6.07) is 16.0. The molecule has 1 fully saturated rings. The predicted molar refractivity (Wildman–Crippen MR) is 153 cm³/mol. The number of H-pyrrole nitrogens is 1. The second kappa shape index (κ2) is 12.4. The number of aromatic nitrogens is 3. The largest absolute Gasteiger partial charge is 0.494 e. The van der Waals surface area contributed by atoms with E-state index in [0.29, 0.717) is 28.7 Å². The number of hydrogen-bond acceptors (Lipinski definition) is 7. The van der Waals surface area contributed by atoms with Crippen LogP contribution < -0.4 is 20.1 Å². The van der Waals surface area contributed by atoms with Gasteiger partial charge in [0.25, 0.3) is 5.91 Å². The van der Waals surface area contributed by atoms with Gasteiger partial charge in [-0.05, 0) is 61.7 Å². The summed E-state index contributed by atoms with van der Waals surface area (Å²) < 4.78 is 11.1. The number of halogens is 1. The number of rotatable bonds is 10. The Bertz CT molecular complexity index is 1400. The number of benzene rings is 2. The average molecular weight is 549 g/mol. The van der Waals surface area contributed by atoms with E-state index in [-0.39, 0.29) is 18.6 Å². The van der Waals surface area contributed by atoms with E-state index in [9.17, 15) is 4.79 Å². The number of pyridine rings is 1. The fourth-order valence-electron chi connectivity index (χ4n) is 4.75. The summed E-state index contributed by atoms with van der Waals surface area (Å²) in [4.78, 5) is 26.3. The van der Waals surface area contributed by atoms with Gasteiger partial charge < -0.3 is 25.1 Å². The molecule has 1 aliphatic rings. The van der Waals surface area contributed by atoms with Gasteiger partial charge in [-0.2, -0.15) is 0 Å². The van der Waals surface area contributed by atoms with Crippen LogP contribution in [0.25, 0.3) is 22.4 Å². The Morgan fingerprint density at radius 2 is 1.77 bits per heavy atom. The highest BCUT2D eigenvalue weighted by molar-refractivity contribution is 6.37. The molecule has 204 valence electrons. The topological polar surface area (TPSA) is 104 Å². The lowest BCUT2D eigenvalue weighted by Gasteiger charge is -2.33. The zero-order valence-corrected chi connectivity index (χ0v) is 22.9. The van der Waals surface area contributed by atoms with Crippen molar-refractivity contribution in [2.24, 2.45) is 0 Å². The predicted octanol–water partition coefficient (Wildman–Crippen LogP) is 4.88. The van der Waals surface area contributed by atoms with Crippen molar-refractivity contribution >= 4 is 34.4 Å². The second-order valence-corrected chi connectivity index (χ2v) is 9.89. The first-order valence-electron chi connectivity index (χ1n) is 13.2. The van der Waals surface area contributed by atoms with Gasteiger partial charge in [-0.3, -0.25) is 9.69 Å². The van der Waals surface area contributed by atoms with E-state index in [2.05, 4.69) is 37.6 Å². The van der Waals surface area contributed by atoms with Crippen LogP contribution in [0.4, 0.5) is 5.69 Å². The Morgan fingerprint density at radius 1 is 1.08 bits per heavy atom. The van der Waals surface area contributed by atoms with E-state index >= 15 is 0 Å². The van der Waals surface area contributed by atoms with Crippen LogP contribution in [0.3, 0.4) is 0 Å².